The zero-order valence-corrected chi connectivity index (χ0v) is 9.42. The molecule has 3 atom stereocenters. The van der Waals surface area contributed by atoms with Crippen LogP contribution in [-0.2, 0) is 4.74 Å². The van der Waals surface area contributed by atoms with E-state index in [2.05, 4.69) is 34.6 Å². The predicted octanol–water partition coefficient (Wildman–Crippen LogP) is 2.35. The van der Waals surface area contributed by atoms with Crippen LogP contribution < -0.4 is 0 Å². The Morgan fingerprint density at radius 3 is 2.31 bits per heavy atom. The molecule has 0 spiro atoms. The molecule has 1 aliphatic rings. The van der Waals surface area contributed by atoms with Crippen LogP contribution in [0.5, 0.6) is 0 Å². The van der Waals surface area contributed by atoms with Crippen molar-refractivity contribution in [2.75, 3.05) is 0 Å². The zero-order valence-electron chi connectivity index (χ0n) is 9.42. The first-order chi connectivity index (χ1) is 5.79. The Balaban J connectivity index is 2.55. The van der Waals surface area contributed by atoms with E-state index in [-0.39, 0.29) is 23.2 Å². The van der Waals surface area contributed by atoms with Crippen LogP contribution >= 0.6 is 0 Å². The molecule has 0 heterocycles. The highest BCUT2D eigenvalue weighted by Crippen LogP contribution is 2.47. The lowest BCUT2D eigenvalue weighted by Crippen LogP contribution is -2.57. The standard InChI is InChI=1S/C11H22O2/c1-6-11(5)8(12)7-9(11)13-10(2,3)4/h8-9,12H,6-7H2,1-5H3. The first kappa shape index (κ1) is 11.0. The summed E-state index contributed by atoms with van der Waals surface area (Å²) < 4.78 is 5.89. The Morgan fingerprint density at radius 1 is 1.46 bits per heavy atom. The molecule has 2 heteroatoms. The van der Waals surface area contributed by atoms with E-state index in [9.17, 15) is 5.11 Å². The molecule has 1 saturated carbocycles. The summed E-state index contributed by atoms with van der Waals surface area (Å²) in [7, 11) is 0. The Kier molecular flexibility index (Phi) is 2.75. The van der Waals surface area contributed by atoms with Crippen LogP contribution in [0.4, 0.5) is 0 Å². The molecule has 0 aromatic rings. The molecule has 3 unspecified atom stereocenters. The van der Waals surface area contributed by atoms with E-state index < -0.39 is 0 Å². The average Bonchev–Trinajstić information content (AvgIpc) is 2.00. The van der Waals surface area contributed by atoms with Gasteiger partial charge in [-0.1, -0.05) is 13.8 Å². The molecule has 1 N–H and O–H groups in total. The number of aliphatic hydroxyl groups excluding tert-OH is 1. The highest BCUT2D eigenvalue weighted by atomic mass is 16.5. The average molecular weight is 186 g/mol. The van der Waals surface area contributed by atoms with Crippen molar-refractivity contribution in [1.82, 2.24) is 0 Å². The first-order valence-electron chi connectivity index (χ1n) is 5.15. The van der Waals surface area contributed by atoms with Crippen molar-refractivity contribution in [3.63, 3.8) is 0 Å². The van der Waals surface area contributed by atoms with Gasteiger partial charge < -0.3 is 9.84 Å². The Morgan fingerprint density at radius 2 is 2.00 bits per heavy atom. The number of rotatable bonds is 2. The van der Waals surface area contributed by atoms with Gasteiger partial charge in [0.2, 0.25) is 0 Å². The summed E-state index contributed by atoms with van der Waals surface area (Å²) in [5.41, 5.74) is -0.117. The molecular weight excluding hydrogens is 164 g/mol. The lowest BCUT2D eigenvalue weighted by Gasteiger charge is -2.52. The summed E-state index contributed by atoms with van der Waals surface area (Å²) in [5, 5.41) is 9.65. The molecular formula is C11H22O2. The lowest BCUT2D eigenvalue weighted by molar-refractivity contribution is -0.221. The largest absolute Gasteiger partial charge is 0.392 e. The molecule has 0 radical (unpaired) electrons. The number of hydrogen-bond acceptors (Lipinski definition) is 2. The molecule has 1 rings (SSSR count). The molecule has 0 amide bonds. The van der Waals surface area contributed by atoms with Crippen LogP contribution in [0.25, 0.3) is 0 Å². The Labute approximate surface area is 81.3 Å². The molecule has 0 aromatic heterocycles. The third-order valence-corrected chi connectivity index (χ3v) is 3.19. The summed E-state index contributed by atoms with van der Waals surface area (Å²) in [6.07, 6.45) is 1.83. The van der Waals surface area contributed by atoms with Gasteiger partial charge in [0.25, 0.3) is 0 Å². The third-order valence-electron chi connectivity index (χ3n) is 3.19. The van der Waals surface area contributed by atoms with E-state index in [4.69, 9.17) is 4.74 Å². The van der Waals surface area contributed by atoms with Crippen molar-refractivity contribution in [2.24, 2.45) is 5.41 Å². The van der Waals surface area contributed by atoms with Gasteiger partial charge in [-0.05, 0) is 27.2 Å². The summed E-state index contributed by atoms with van der Waals surface area (Å²) in [5.74, 6) is 0. The smallest absolute Gasteiger partial charge is 0.0685 e. The minimum absolute atomic E-state index is 0.0206. The van der Waals surface area contributed by atoms with E-state index >= 15 is 0 Å². The first-order valence-corrected chi connectivity index (χ1v) is 5.15. The second kappa shape index (κ2) is 3.25. The van der Waals surface area contributed by atoms with Gasteiger partial charge in [-0.25, -0.2) is 0 Å². The van der Waals surface area contributed by atoms with Crippen LogP contribution in [-0.4, -0.2) is 22.9 Å². The van der Waals surface area contributed by atoms with Gasteiger partial charge >= 0.3 is 0 Å². The van der Waals surface area contributed by atoms with Crippen LogP contribution in [0.2, 0.25) is 0 Å². The predicted molar refractivity (Wildman–Crippen MR) is 53.6 cm³/mol. The van der Waals surface area contributed by atoms with Gasteiger partial charge in [0, 0.05) is 11.8 Å². The fourth-order valence-electron chi connectivity index (χ4n) is 1.87. The molecule has 1 aliphatic carbocycles. The maximum Gasteiger partial charge on any atom is 0.0685 e. The van der Waals surface area contributed by atoms with Gasteiger partial charge in [-0.15, -0.1) is 0 Å². The normalized spacial score (nSPS) is 40.2. The van der Waals surface area contributed by atoms with Crippen molar-refractivity contribution in [1.29, 1.82) is 0 Å². The van der Waals surface area contributed by atoms with Crippen LogP contribution in [0.15, 0.2) is 0 Å². The van der Waals surface area contributed by atoms with E-state index in [0.717, 1.165) is 12.8 Å². The molecule has 78 valence electrons. The van der Waals surface area contributed by atoms with Gasteiger partial charge in [-0.2, -0.15) is 0 Å². The number of aliphatic hydroxyl groups is 1. The summed E-state index contributed by atoms with van der Waals surface area (Å²) >= 11 is 0. The molecule has 0 bridgehead atoms. The molecule has 1 fully saturated rings. The third kappa shape index (κ3) is 2.05. The van der Waals surface area contributed by atoms with E-state index in [0.29, 0.717) is 0 Å². The summed E-state index contributed by atoms with van der Waals surface area (Å²) in [4.78, 5) is 0. The fraction of sp³-hybridized carbons (Fsp3) is 1.00. The SMILES string of the molecule is CCC1(C)C(O)CC1OC(C)(C)C. The van der Waals surface area contributed by atoms with Crippen LogP contribution in [0.1, 0.15) is 47.5 Å². The molecule has 0 aliphatic heterocycles. The van der Waals surface area contributed by atoms with E-state index in [1.807, 2.05) is 0 Å². The highest BCUT2D eigenvalue weighted by Gasteiger charge is 2.51. The number of hydrogen-bond donors (Lipinski definition) is 1. The lowest BCUT2D eigenvalue weighted by atomic mass is 9.63. The maximum absolute atomic E-state index is 9.65. The van der Waals surface area contributed by atoms with Crippen molar-refractivity contribution < 1.29 is 9.84 Å². The van der Waals surface area contributed by atoms with E-state index in [1.54, 1.807) is 0 Å². The van der Waals surface area contributed by atoms with Gasteiger partial charge in [-0.3, -0.25) is 0 Å². The number of ether oxygens (including phenoxy) is 1. The molecule has 2 nitrogen and oxygen atoms in total. The minimum atomic E-state index is -0.176. The quantitative estimate of drug-likeness (QED) is 0.717. The van der Waals surface area contributed by atoms with Gasteiger partial charge in [0.15, 0.2) is 0 Å². The van der Waals surface area contributed by atoms with Crippen molar-refractivity contribution in [3.8, 4) is 0 Å². The molecule has 0 aromatic carbocycles. The highest BCUT2D eigenvalue weighted by molar-refractivity contribution is 5.01. The Hall–Kier alpha value is -0.0800. The Bertz CT molecular complexity index is 183. The van der Waals surface area contributed by atoms with Crippen LogP contribution in [0, 0.1) is 5.41 Å². The summed E-state index contributed by atoms with van der Waals surface area (Å²) in [6, 6.07) is 0. The van der Waals surface area contributed by atoms with E-state index in [1.165, 1.54) is 0 Å². The second-order valence-corrected chi connectivity index (χ2v) is 5.33. The van der Waals surface area contributed by atoms with Crippen molar-refractivity contribution >= 4 is 0 Å². The molecule has 0 saturated heterocycles. The van der Waals surface area contributed by atoms with Gasteiger partial charge in [0.1, 0.15) is 0 Å². The topological polar surface area (TPSA) is 29.5 Å². The zero-order chi connectivity index (χ0) is 10.3. The van der Waals surface area contributed by atoms with Crippen molar-refractivity contribution in [2.45, 2.75) is 65.3 Å². The monoisotopic (exact) mass is 186 g/mol. The fourth-order valence-corrected chi connectivity index (χ4v) is 1.87. The maximum atomic E-state index is 9.65. The van der Waals surface area contributed by atoms with Crippen LogP contribution in [0.3, 0.4) is 0 Å². The van der Waals surface area contributed by atoms with Crippen molar-refractivity contribution in [3.05, 3.63) is 0 Å². The minimum Gasteiger partial charge on any atom is -0.392 e. The summed E-state index contributed by atoms with van der Waals surface area (Å²) in [6.45, 7) is 10.4. The van der Waals surface area contributed by atoms with Gasteiger partial charge in [0.05, 0.1) is 17.8 Å². The second-order valence-electron chi connectivity index (χ2n) is 5.33. The molecule has 13 heavy (non-hydrogen) atoms.